The highest BCUT2D eigenvalue weighted by Gasteiger charge is 2.14. The van der Waals surface area contributed by atoms with E-state index < -0.39 is 0 Å². The van der Waals surface area contributed by atoms with E-state index in [4.69, 9.17) is 5.11 Å². The zero-order chi connectivity index (χ0) is 13.5. The van der Waals surface area contributed by atoms with E-state index in [2.05, 4.69) is 34.4 Å². The molecule has 1 unspecified atom stereocenters. The van der Waals surface area contributed by atoms with E-state index in [0.717, 1.165) is 23.7 Å². The van der Waals surface area contributed by atoms with E-state index in [0.29, 0.717) is 12.5 Å². The number of nitrogens with zero attached hydrogens (tertiary/aromatic N) is 2. The molecule has 0 aromatic carbocycles. The van der Waals surface area contributed by atoms with E-state index in [-0.39, 0.29) is 12.5 Å². The van der Waals surface area contributed by atoms with Gasteiger partial charge in [-0.2, -0.15) is 0 Å². The predicted octanol–water partition coefficient (Wildman–Crippen LogP) is 2.07. The number of nitrogens with one attached hydrogen (secondary N) is 2. The molecule has 0 aliphatic rings. The molecule has 0 radical (unpaired) electrons. The number of anilines is 2. The monoisotopic (exact) mass is 252 g/mol. The molecule has 18 heavy (non-hydrogen) atoms. The van der Waals surface area contributed by atoms with E-state index in [9.17, 15) is 0 Å². The van der Waals surface area contributed by atoms with Gasteiger partial charge in [-0.05, 0) is 18.8 Å². The highest BCUT2D eigenvalue weighted by molar-refractivity contribution is 5.58. The molecule has 5 heteroatoms. The minimum absolute atomic E-state index is 0.176. The minimum Gasteiger partial charge on any atom is -0.396 e. The SMILES string of the molecule is CCNc1ncnc(NCC(C)CO)c1C(C)C. The van der Waals surface area contributed by atoms with Crippen LogP contribution in [0.1, 0.15) is 39.2 Å². The van der Waals surface area contributed by atoms with Gasteiger partial charge in [-0.25, -0.2) is 9.97 Å². The second-order valence-corrected chi connectivity index (χ2v) is 4.84. The normalized spacial score (nSPS) is 12.6. The molecule has 0 amide bonds. The lowest BCUT2D eigenvalue weighted by atomic mass is 10.0. The van der Waals surface area contributed by atoms with Gasteiger partial charge >= 0.3 is 0 Å². The zero-order valence-electron chi connectivity index (χ0n) is 11.7. The molecule has 0 aliphatic heterocycles. The van der Waals surface area contributed by atoms with Crippen molar-refractivity contribution in [2.45, 2.75) is 33.6 Å². The Morgan fingerprint density at radius 1 is 1.17 bits per heavy atom. The Bertz CT molecular complexity index is 368. The predicted molar refractivity (Wildman–Crippen MR) is 75.0 cm³/mol. The van der Waals surface area contributed by atoms with Crippen molar-refractivity contribution in [2.24, 2.45) is 5.92 Å². The van der Waals surface area contributed by atoms with E-state index in [1.165, 1.54) is 0 Å². The zero-order valence-corrected chi connectivity index (χ0v) is 11.7. The van der Waals surface area contributed by atoms with E-state index >= 15 is 0 Å². The van der Waals surface area contributed by atoms with Crippen LogP contribution in [-0.2, 0) is 0 Å². The maximum absolute atomic E-state index is 9.04. The summed E-state index contributed by atoms with van der Waals surface area (Å²) in [6.07, 6.45) is 1.57. The summed E-state index contributed by atoms with van der Waals surface area (Å²) in [5.41, 5.74) is 1.10. The van der Waals surface area contributed by atoms with Crippen LogP contribution < -0.4 is 10.6 Å². The van der Waals surface area contributed by atoms with Gasteiger partial charge in [-0.15, -0.1) is 0 Å². The standard InChI is InChI=1S/C13H24N4O/c1-5-14-12-11(9(2)3)13(17-8-16-12)15-6-10(4)7-18/h8-10,18H,5-7H2,1-4H3,(H2,14,15,16,17). The van der Waals surface area contributed by atoms with E-state index in [1.807, 2.05) is 13.8 Å². The molecule has 1 atom stereocenters. The molecular weight excluding hydrogens is 228 g/mol. The first-order valence-electron chi connectivity index (χ1n) is 6.53. The maximum Gasteiger partial charge on any atom is 0.134 e. The van der Waals surface area contributed by atoms with Crippen LogP contribution in [0.3, 0.4) is 0 Å². The Kier molecular flexibility index (Phi) is 5.85. The van der Waals surface area contributed by atoms with Gasteiger partial charge in [0.25, 0.3) is 0 Å². The highest BCUT2D eigenvalue weighted by atomic mass is 16.3. The summed E-state index contributed by atoms with van der Waals surface area (Å²) in [7, 11) is 0. The van der Waals surface area contributed by atoms with E-state index in [1.54, 1.807) is 6.33 Å². The Labute approximate surface area is 109 Å². The Balaban J connectivity index is 2.92. The summed E-state index contributed by atoms with van der Waals surface area (Å²) in [5, 5.41) is 15.6. The average molecular weight is 252 g/mol. The van der Waals surface area contributed by atoms with Crippen LogP contribution in [-0.4, -0.2) is 34.8 Å². The van der Waals surface area contributed by atoms with Crippen molar-refractivity contribution in [1.29, 1.82) is 0 Å². The fraction of sp³-hybridized carbons (Fsp3) is 0.692. The summed E-state index contributed by atoms with van der Waals surface area (Å²) in [5.74, 6) is 2.30. The third-order valence-corrected chi connectivity index (χ3v) is 2.74. The van der Waals surface area contributed by atoms with Crippen molar-refractivity contribution in [2.75, 3.05) is 30.3 Å². The third-order valence-electron chi connectivity index (χ3n) is 2.74. The molecule has 0 saturated carbocycles. The molecule has 102 valence electrons. The number of aliphatic hydroxyl groups is 1. The van der Waals surface area contributed by atoms with Gasteiger partial charge in [-0.1, -0.05) is 20.8 Å². The van der Waals surface area contributed by atoms with Crippen molar-refractivity contribution in [3.05, 3.63) is 11.9 Å². The Morgan fingerprint density at radius 2 is 1.78 bits per heavy atom. The number of aromatic nitrogens is 2. The van der Waals surface area contributed by atoms with Crippen molar-refractivity contribution in [1.82, 2.24) is 9.97 Å². The lowest BCUT2D eigenvalue weighted by Crippen LogP contribution is -2.17. The first-order valence-corrected chi connectivity index (χ1v) is 6.53. The largest absolute Gasteiger partial charge is 0.396 e. The van der Waals surface area contributed by atoms with Crippen LogP contribution in [0.4, 0.5) is 11.6 Å². The smallest absolute Gasteiger partial charge is 0.134 e. The molecule has 1 aromatic rings. The van der Waals surface area contributed by atoms with Gasteiger partial charge in [0.2, 0.25) is 0 Å². The van der Waals surface area contributed by atoms with Gasteiger partial charge in [0, 0.05) is 25.3 Å². The van der Waals surface area contributed by atoms with Crippen molar-refractivity contribution < 1.29 is 5.11 Å². The van der Waals surface area contributed by atoms with Crippen LogP contribution in [0.5, 0.6) is 0 Å². The first kappa shape index (κ1) is 14.7. The topological polar surface area (TPSA) is 70.1 Å². The second-order valence-electron chi connectivity index (χ2n) is 4.84. The molecule has 0 saturated heterocycles. The number of rotatable bonds is 7. The molecule has 1 heterocycles. The Morgan fingerprint density at radius 3 is 2.28 bits per heavy atom. The number of hydrogen-bond acceptors (Lipinski definition) is 5. The second kappa shape index (κ2) is 7.16. The molecule has 0 bridgehead atoms. The van der Waals surface area contributed by atoms with Crippen molar-refractivity contribution in [3.8, 4) is 0 Å². The van der Waals surface area contributed by atoms with Gasteiger partial charge in [0.1, 0.15) is 18.0 Å². The van der Waals surface area contributed by atoms with Crippen LogP contribution in [0.25, 0.3) is 0 Å². The molecule has 3 N–H and O–H groups in total. The number of hydrogen-bond donors (Lipinski definition) is 3. The molecule has 0 spiro atoms. The summed E-state index contributed by atoms with van der Waals surface area (Å²) in [4.78, 5) is 8.59. The highest BCUT2D eigenvalue weighted by Crippen LogP contribution is 2.28. The molecule has 5 nitrogen and oxygen atoms in total. The van der Waals surface area contributed by atoms with Gasteiger partial charge in [0.15, 0.2) is 0 Å². The summed E-state index contributed by atoms with van der Waals surface area (Å²) < 4.78 is 0. The van der Waals surface area contributed by atoms with Crippen LogP contribution in [0.15, 0.2) is 6.33 Å². The summed E-state index contributed by atoms with van der Waals surface area (Å²) >= 11 is 0. The van der Waals surface area contributed by atoms with Crippen LogP contribution in [0, 0.1) is 5.92 Å². The number of aliphatic hydroxyl groups excluding tert-OH is 1. The first-order chi connectivity index (χ1) is 8.60. The lowest BCUT2D eigenvalue weighted by Gasteiger charge is -2.18. The minimum atomic E-state index is 0.176. The van der Waals surface area contributed by atoms with Gasteiger partial charge in [-0.3, -0.25) is 0 Å². The summed E-state index contributed by atoms with van der Waals surface area (Å²) in [6, 6.07) is 0. The van der Waals surface area contributed by atoms with Crippen molar-refractivity contribution >= 4 is 11.6 Å². The van der Waals surface area contributed by atoms with Crippen molar-refractivity contribution in [3.63, 3.8) is 0 Å². The molecule has 1 aromatic heterocycles. The lowest BCUT2D eigenvalue weighted by molar-refractivity contribution is 0.244. The summed E-state index contributed by atoms with van der Waals surface area (Å²) in [6.45, 7) is 10.0. The maximum atomic E-state index is 9.04. The quantitative estimate of drug-likeness (QED) is 0.693. The van der Waals surface area contributed by atoms with Crippen LogP contribution in [0.2, 0.25) is 0 Å². The molecular formula is C13H24N4O. The third kappa shape index (κ3) is 3.84. The Hall–Kier alpha value is -1.36. The van der Waals surface area contributed by atoms with Crippen LogP contribution >= 0.6 is 0 Å². The average Bonchev–Trinajstić information content (AvgIpc) is 2.36. The van der Waals surface area contributed by atoms with Gasteiger partial charge < -0.3 is 15.7 Å². The van der Waals surface area contributed by atoms with Gasteiger partial charge in [0.05, 0.1) is 0 Å². The fourth-order valence-corrected chi connectivity index (χ4v) is 1.73. The fourth-order valence-electron chi connectivity index (χ4n) is 1.73. The molecule has 1 rings (SSSR count). The molecule has 0 aliphatic carbocycles. The molecule has 0 fully saturated rings.